The number of carbonyl (C=O) groups excluding carboxylic acids is 1. The molecule has 0 atom stereocenters. The lowest BCUT2D eigenvalue weighted by molar-refractivity contribution is -0.117. The first-order valence-electron chi connectivity index (χ1n) is 7.98. The minimum absolute atomic E-state index is 0.0637. The van der Waals surface area contributed by atoms with Gasteiger partial charge >= 0.3 is 0 Å². The molecular formula is C18H19ClN2O3S. The van der Waals surface area contributed by atoms with Crippen LogP contribution in [-0.2, 0) is 14.8 Å². The number of amides is 1. The van der Waals surface area contributed by atoms with Gasteiger partial charge in [0.05, 0.1) is 10.6 Å². The van der Waals surface area contributed by atoms with E-state index in [9.17, 15) is 13.2 Å². The molecule has 1 saturated heterocycles. The summed E-state index contributed by atoms with van der Waals surface area (Å²) >= 11 is 5.94. The van der Waals surface area contributed by atoms with E-state index < -0.39 is 10.0 Å². The number of halogens is 1. The third-order valence-electron chi connectivity index (χ3n) is 4.27. The lowest BCUT2D eigenvalue weighted by Crippen LogP contribution is -2.24. The Hall–Kier alpha value is -2.05. The summed E-state index contributed by atoms with van der Waals surface area (Å²) in [6.45, 7) is 4.28. The van der Waals surface area contributed by atoms with Crippen LogP contribution in [0.1, 0.15) is 24.0 Å². The van der Waals surface area contributed by atoms with E-state index in [2.05, 4.69) is 4.72 Å². The Bertz CT molecular complexity index is 941. The van der Waals surface area contributed by atoms with Gasteiger partial charge < -0.3 is 4.90 Å². The zero-order valence-corrected chi connectivity index (χ0v) is 15.6. The molecule has 7 heteroatoms. The summed E-state index contributed by atoms with van der Waals surface area (Å²) in [7, 11) is -3.77. The number of nitrogens with one attached hydrogen (secondary N) is 1. The molecule has 2 aromatic carbocycles. The number of hydrogen-bond donors (Lipinski definition) is 1. The summed E-state index contributed by atoms with van der Waals surface area (Å²) in [5.41, 5.74) is 2.70. The van der Waals surface area contributed by atoms with Gasteiger partial charge in [0.15, 0.2) is 0 Å². The number of nitrogens with zero attached hydrogens (tertiary/aromatic N) is 1. The maximum Gasteiger partial charge on any atom is 0.262 e. The van der Waals surface area contributed by atoms with Crippen molar-refractivity contribution in [1.29, 1.82) is 0 Å². The van der Waals surface area contributed by atoms with Crippen LogP contribution in [0.3, 0.4) is 0 Å². The Morgan fingerprint density at radius 2 is 1.80 bits per heavy atom. The molecule has 0 spiro atoms. The van der Waals surface area contributed by atoms with Crippen molar-refractivity contribution in [3.63, 3.8) is 0 Å². The van der Waals surface area contributed by atoms with Gasteiger partial charge in [0.2, 0.25) is 5.91 Å². The number of rotatable bonds is 4. The molecule has 25 heavy (non-hydrogen) atoms. The number of aryl methyl sites for hydroxylation is 2. The predicted octanol–water partition coefficient (Wildman–Crippen LogP) is 3.88. The topological polar surface area (TPSA) is 66.5 Å². The van der Waals surface area contributed by atoms with E-state index in [1.54, 1.807) is 36.1 Å². The minimum Gasteiger partial charge on any atom is -0.312 e. The van der Waals surface area contributed by atoms with Gasteiger partial charge in [-0.05, 0) is 55.7 Å². The highest BCUT2D eigenvalue weighted by atomic mass is 35.5. The van der Waals surface area contributed by atoms with Crippen molar-refractivity contribution in [2.75, 3.05) is 16.2 Å². The van der Waals surface area contributed by atoms with Crippen LogP contribution in [0.4, 0.5) is 11.4 Å². The van der Waals surface area contributed by atoms with Crippen LogP contribution in [0.15, 0.2) is 41.3 Å². The number of hydrogen-bond acceptors (Lipinski definition) is 3. The molecule has 2 aromatic rings. The first-order chi connectivity index (χ1) is 11.8. The Morgan fingerprint density at radius 1 is 1.08 bits per heavy atom. The fourth-order valence-corrected chi connectivity index (χ4v) is 4.50. The van der Waals surface area contributed by atoms with E-state index >= 15 is 0 Å². The Balaban J connectivity index is 1.95. The Labute approximate surface area is 152 Å². The second kappa shape index (κ2) is 6.69. The monoisotopic (exact) mass is 378 g/mol. The molecule has 1 amide bonds. The fraction of sp³-hybridized carbons (Fsp3) is 0.278. The summed E-state index contributed by atoms with van der Waals surface area (Å²) < 4.78 is 28.0. The molecule has 0 saturated carbocycles. The average Bonchev–Trinajstić information content (AvgIpc) is 2.97. The molecule has 0 bridgehead atoms. The first-order valence-corrected chi connectivity index (χ1v) is 9.84. The minimum atomic E-state index is -3.77. The number of carbonyl (C=O) groups is 1. The van der Waals surface area contributed by atoms with E-state index in [0.29, 0.717) is 29.2 Å². The average molecular weight is 379 g/mol. The van der Waals surface area contributed by atoms with Crippen molar-refractivity contribution < 1.29 is 13.2 Å². The van der Waals surface area contributed by atoms with Gasteiger partial charge in [-0.15, -0.1) is 0 Å². The summed E-state index contributed by atoms with van der Waals surface area (Å²) in [5.74, 6) is 0.0637. The molecule has 0 unspecified atom stereocenters. The van der Waals surface area contributed by atoms with Crippen LogP contribution in [0.2, 0.25) is 5.02 Å². The molecule has 3 rings (SSSR count). The molecular weight excluding hydrogens is 360 g/mol. The second-order valence-corrected chi connectivity index (χ2v) is 8.25. The van der Waals surface area contributed by atoms with E-state index in [1.165, 1.54) is 6.07 Å². The van der Waals surface area contributed by atoms with E-state index in [-0.39, 0.29) is 10.8 Å². The molecule has 1 aliphatic heterocycles. The van der Waals surface area contributed by atoms with Crippen LogP contribution in [0, 0.1) is 13.8 Å². The van der Waals surface area contributed by atoms with Crippen molar-refractivity contribution in [1.82, 2.24) is 0 Å². The summed E-state index contributed by atoms with van der Waals surface area (Å²) in [5, 5.41) is 0.359. The van der Waals surface area contributed by atoms with Crippen LogP contribution in [0.5, 0.6) is 0 Å². The summed E-state index contributed by atoms with van der Waals surface area (Å²) in [6.07, 6.45) is 1.34. The van der Waals surface area contributed by atoms with E-state index in [0.717, 1.165) is 17.7 Å². The van der Waals surface area contributed by atoms with Gasteiger partial charge in [0.25, 0.3) is 10.0 Å². The van der Waals surface area contributed by atoms with Crippen molar-refractivity contribution in [2.24, 2.45) is 0 Å². The van der Waals surface area contributed by atoms with Gasteiger partial charge in [-0.2, -0.15) is 0 Å². The zero-order chi connectivity index (χ0) is 18.2. The molecule has 1 N–H and O–H groups in total. The highest BCUT2D eigenvalue weighted by Crippen LogP contribution is 2.30. The molecule has 132 valence electrons. The molecule has 5 nitrogen and oxygen atoms in total. The molecule has 1 fully saturated rings. The molecule has 0 radical (unpaired) electrons. The largest absolute Gasteiger partial charge is 0.312 e. The highest BCUT2D eigenvalue weighted by Gasteiger charge is 2.24. The van der Waals surface area contributed by atoms with Crippen molar-refractivity contribution >= 4 is 38.9 Å². The second-order valence-electron chi connectivity index (χ2n) is 6.17. The third-order valence-corrected chi connectivity index (χ3v) is 6.02. The number of sulfonamides is 1. The van der Waals surface area contributed by atoms with Crippen molar-refractivity contribution in [3.05, 3.63) is 52.5 Å². The van der Waals surface area contributed by atoms with Gasteiger partial charge in [0, 0.05) is 23.7 Å². The Kier molecular flexibility index (Phi) is 4.75. The fourth-order valence-electron chi connectivity index (χ4n) is 2.94. The standard InChI is InChI=1S/C18H19ClN2O3S/c1-12-6-8-15(11-16(12)21-9-3-4-18(21)22)20-25(23,24)17-10-14(19)7-5-13(17)2/h5-8,10-11,20H,3-4,9H2,1-2H3. The predicted molar refractivity (Wildman–Crippen MR) is 99.8 cm³/mol. The van der Waals surface area contributed by atoms with Gasteiger partial charge in [-0.25, -0.2) is 8.42 Å². The smallest absolute Gasteiger partial charge is 0.262 e. The molecule has 1 heterocycles. The quantitative estimate of drug-likeness (QED) is 0.877. The zero-order valence-electron chi connectivity index (χ0n) is 14.0. The lowest BCUT2D eigenvalue weighted by atomic mass is 10.1. The first kappa shape index (κ1) is 17.8. The van der Waals surface area contributed by atoms with E-state index in [4.69, 9.17) is 11.6 Å². The molecule has 0 aromatic heterocycles. The van der Waals surface area contributed by atoms with E-state index in [1.807, 2.05) is 13.0 Å². The normalized spacial score (nSPS) is 14.8. The lowest BCUT2D eigenvalue weighted by Gasteiger charge is -2.20. The highest BCUT2D eigenvalue weighted by molar-refractivity contribution is 7.92. The Morgan fingerprint density at radius 3 is 2.48 bits per heavy atom. The van der Waals surface area contributed by atoms with Crippen LogP contribution >= 0.6 is 11.6 Å². The van der Waals surface area contributed by atoms with Crippen molar-refractivity contribution in [2.45, 2.75) is 31.6 Å². The molecule has 0 aliphatic carbocycles. The summed E-state index contributed by atoms with van der Waals surface area (Å²) in [4.78, 5) is 13.8. The third kappa shape index (κ3) is 3.65. The van der Waals surface area contributed by atoms with Crippen LogP contribution < -0.4 is 9.62 Å². The van der Waals surface area contributed by atoms with Gasteiger partial charge in [-0.1, -0.05) is 23.7 Å². The maximum atomic E-state index is 12.7. The van der Waals surface area contributed by atoms with Gasteiger partial charge in [-0.3, -0.25) is 9.52 Å². The number of benzene rings is 2. The van der Waals surface area contributed by atoms with Crippen LogP contribution in [-0.4, -0.2) is 20.9 Å². The maximum absolute atomic E-state index is 12.7. The summed E-state index contributed by atoms with van der Waals surface area (Å²) in [6, 6.07) is 9.95. The van der Waals surface area contributed by atoms with Gasteiger partial charge in [0.1, 0.15) is 0 Å². The number of anilines is 2. The molecule has 1 aliphatic rings. The SMILES string of the molecule is Cc1ccc(NS(=O)(=O)c2cc(Cl)ccc2C)cc1N1CCCC1=O. The van der Waals surface area contributed by atoms with Crippen molar-refractivity contribution in [3.8, 4) is 0 Å². The van der Waals surface area contributed by atoms with Crippen LogP contribution in [0.25, 0.3) is 0 Å².